The monoisotopic (exact) mass is 334 g/mol. The van der Waals surface area contributed by atoms with Crippen molar-refractivity contribution < 1.29 is 4.79 Å². The highest BCUT2D eigenvalue weighted by molar-refractivity contribution is 6.00. The fraction of sp³-hybridized carbons (Fsp3) is 0.318. The molecule has 0 atom stereocenters. The summed E-state index contributed by atoms with van der Waals surface area (Å²) in [6, 6.07) is 19.0. The summed E-state index contributed by atoms with van der Waals surface area (Å²) in [5, 5.41) is 0. The average molecular weight is 334 g/mol. The highest BCUT2D eigenvalue weighted by atomic mass is 16.1. The number of carbonyl (C=O) groups is 1. The van der Waals surface area contributed by atoms with Crippen molar-refractivity contribution in [3.8, 4) is 0 Å². The van der Waals surface area contributed by atoms with E-state index in [1.807, 2.05) is 12.1 Å². The normalized spacial score (nSPS) is 17.0. The van der Waals surface area contributed by atoms with Crippen molar-refractivity contribution in [1.29, 1.82) is 0 Å². The van der Waals surface area contributed by atoms with Crippen LogP contribution in [0.2, 0.25) is 0 Å². The fourth-order valence-electron chi connectivity index (χ4n) is 3.21. The number of likely N-dealkylation sites (N-methyl/N-ethyl adjacent to an activating group) is 1. The fourth-order valence-corrected chi connectivity index (χ4v) is 3.21. The number of carbonyl (C=O) groups excluding carboxylic acids is 1. The number of likely N-dealkylation sites (tertiary alicyclic amines) is 1. The second kappa shape index (κ2) is 8.13. The molecule has 2 aromatic rings. The van der Waals surface area contributed by atoms with Crippen LogP contribution in [0.4, 0.5) is 5.69 Å². The van der Waals surface area contributed by atoms with Gasteiger partial charge in [0.1, 0.15) is 0 Å². The van der Waals surface area contributed by atoms with Crippen LogP contribution < -0.4 is 4.90 Å². The van der Waals surface area contributed by atoms with E-state index in [1.165, 1.54) is 11.3 Å². The third-order valence-corrected chi connectivity index (χ3v) is 4.72. The lowest BCUT2D eigenvalue weighted by Gasteiger charge is -2.24. The molecule has 0 amide bonds. The number of piperidine rings is 1. The zero-order chi connectivity index (χ0) is 17.6. The molecule has 0 spiro atoms. The number of ketones is 1. The maximum absolute atomic E-state index is 12.1. The van der Waals surface area contributed by atoms with E-state index in [0.717, 1.165) is 37.3 Å². The largest absolute Gasteiger partial charge is 0.367 e. The van der Waals surface area contributed by atoms with Gasteiger partial charge in [-0.2, -0.15) is 0 Å². The Balaban J connectivity index is 1.73. The maximum atomic E-state index is 12.1. The molecule has 25 heavy (non-hydrogen) atoms. The summed E-state index contributed by atoms with van der Waals surface area (Å²) in [4.78, 5) is 16.6. The summed E-state index contributed by atoms with van der Waals surface area (Å²) >= 11 is 0. The molecule has 1 aliphatic rings. The van der Waals surface area contributed by atoms with E-state index in [-0.39, 0.29) is 5.78 Å². The predicted molar refractivity (Wildman–Crippen MR) is 105 cm³/mol. The van der Waals surface area contributed by atoms with Gasteiger partial charge in [-0.3, -0.25) is 4.79 Å². The van der Waals surface area contributed by atoms with Crippen molar-refractivity contribution >= 4 is 17.5 Å². The van der Waals surface area contributed by atoms with Crippen molar-refractivity contribution in [2.75, 3.05) is 31.6 Å². The highest BCUT2D eigenvalue weighted by Crippen LogP contribution is 2.20. The van der Waals surface area contributed by atoms with Gasteiger partial charge in [0.05, 0.1) is 0 Å². The van der Waals surface area contributed by atoms with Gasteiger partial charge in [-0.05, 0) is 43.3 Å². The number of benzene rings is 2. The Morgan fingerprint density at radius 1 is 1.08 bits per heavy atom. The standard InChI is InChI=1S/C22H26N2O/c1-3-24(16-19-7-5-4-6-8-19)21-11-9-18(10-12-21)15-20-17-23(2)14-13-22(20)25/h4-12,15H,3,13-14,16-17H2,1-2H3/b20-15+. The van der Waals surface area contributed by atoms with Crippen molar-refractivity contribution in [3.63, 3.8) is 0 Å². The first-order chi connectivity index (χ1) is 12.2. The van der Waals surface area contributed by atoms with Gasteiger partial charge in [0.2, 0.25) is 0 Å². The topological polar surface area (TPSA) is 23.6 Å². The van der Waals surface area contributed by atoms with Gasteiger partial charge >= 0.3 is 0 Å². The molecule has 2 aromatic carbocycles. The lowest BCUT2D eigenvalue weighted by Crippen LogP contribution is -2.32. The zero-order valence-corrected chi connectivity index (χ0v) is 15.1. The van der Waals surface area contributed by atoms with Crippen LogP contribution in [0, 0.1) is 0 Å². The van der Waals surface area contributed by atoms with Crippen molar-refractivity contribution in [3.05, 3.63) is 71.3 Å². The number of Topliss-reactive ketones (excluding diaryl/α,β-unsaturated/α-hetero) is 1. The van der Waals surface area contributed by atoms with E-state index in [1.54, 1.807) is 0 Å². The summed E-state index contributed by atoms with van der Waals surface area (Å²) in [5.41, 5.74) is 4.53. The van der Waals surface area contributed by atoms with E-state index in [2.05, 4.69) is 72.3 Å². The molecule has 3 nitrogen and oxygen atoms in total. The van der Waals surface area contributed by atoms with Gasteiger partial charge in [0.25, 0.3) is 0 Å². The van der Waals surface area contributed by atoms with E-state index in [9.17, 15) is 4.79 Å². The summed E-state index contributed by atoms with van der Waals surface area (Å²) in [7, 11) is 2.06. The molecule has 1 fully saturated rings. The molecule has 0 aliphatic carbocycles. The lowest BCUT2D eigenvalue weighted by molar-refractivity contribution is -0.117. The van der Waals surface area contributed by atoms with Crippen LogP contribution >= 0.6 is 0 Å². The molecule has 1 heterocycles. The second-order valence-corrected chi connectivity index (χ2v) is 6.67. The first-order valence-corrected chi connectivity index (χ1v) is 8.97. The van der Waals surface area contributed by atoms with Gasteiger partial charge in [-0.15, -0.1) is 0 Å². The number of nitrogens with zero attached hydrogens (tertiary/aromatic N) is 2. The van der Waals surface area contributed by atoms with E-state index < -0.39 is 0 Å². The highest BCUT2D eigenvalue weighted by Gasteiger charge is 2.18. The SMILES string of the molecule is CCN(Cc1ccccc1)c1ccc(/C=C2\CN(C)CCC2=O)cc1. The Hall–Kier alpha value is -2.39. The molecular weight excluding hydrogens is 308 g/mol. The van der Waals surface area contributed by atoms with Crippen molar-refractivity contribution in [1.82, 2.24) is 4.90 Å². The molecule has 0 saturated carbocycles. The molecule has 130 valence electrons. The zero-order valence-electron chi connectivity index (χ0n) is 15.1. The quantitative estimate of drug-likeness (QED) is 0.772. The van der Waals surface area contributed by atoms with Gasteiger partial charge in [-0.25, -0.2) is 0 Å². The van der Waals surface area contributed by atoms with Crippen LogP contribution in [0.1, 0.15) is 24.5 Å². The first kappa shape index (κ1) is 17.4. The summed E-state index contributed by atoms with van der Waals surface area (Å²) in [6.45, 7) is 5.64. The Kier molecular flexibility index (Phi) is 5.67. The summed E-state index contributed by atoms with van der Waals surface area (Å²) < 4.78 is 0. The number of hydrogen-bond acceptors (Lipinski definition) is 3. The summed E-state index contributed by atoms with van der Waals surface area (Å²) in [5.74, 6) is 0.279. The smallest absolute Gasteiger partial charge is 0.161 e. The lowest BCUT2D eigenvalue weighted by atomic mass is 10.0. The van der Waals surface area contributed by atoms with E-state index >= 15 is 0 Å². The van der Waals surface area contributed by atoms with E-state index in [0.29, 0.717) is 6.42 Å². The molecule has 0 N–H and O–H groups in total. The predicted octanol–water partition coefficient (Wildman–Crippen LogP) is 4.00. The maximum Gasteiger partial charge on any atom is 0.161 e. The Labute approximate surface area is 150 Å². The summed E-state index contributed by atoms with van der Waals surface area (Å²) in [6.07, 6.45) is 2.66. The average Bonchev–Trinajstić information content (AvgIpc) is 2.64. The van der Waals surface area contributed by atoms with Crippen LogP contribution in [0.3, 0.4) is 0 Å². The molecule has 3 heteroatoms. The molecule has 0 unspecified atom stereocenters. The molecule has 1 aliphatic heterocycles. The first-order valence-electron chi connectivity index (χ1n) is 8.97. The van der Waals surface area contributed by atoms with Crippen molar-refractivity contribution in [2.24, 2.45) is 0 Å². The van der Waals surface area contributed by atoms with Crippen LogP contribution in [0.15, 0.2) is 60.2 Å². The Bertz CT molecular complexity index is 734. The second-order valence-electron chi connectivity index (χ2n) is 6.67. The number of anilines is 1. The minimum absolute atomic E-state index is 0.279. The molecule has 0 radical (unpaired) electrons. The Morgan fingerprint density at radius 3 is 2.48 bits per heavy atom. The third-order valence-electron chi connectivity index (χ3n) is 4.72. The minimum atomic E-state index is 0.279. The molecule has 3 rings (SSSR count). The Morgan fingerprint density at radius 2 is 1.80 bits per heavy atom. The van der Waals surface area contributed by atoms with Gasteiger partial charge in [0.15, 0.2) is 5.78 Å². The molecular formula is C22H26N2O. The van der Waals surface area contributed by atoms with Gasteiger partial charge in [0, 0.05) is 43.9 Å². The number of rotatable bonds is 5. The molecule has 0 bridgehead atoms. The van der Waals surface area contributed by atoms with Crippen molar-refractivity contribution in [2.45, 2.75) is 19.9 Å². The minimum Gasteiger partial charge on any atom is -0.367 e. The van der Waals surface area contributed by atoms with E-state index in [4.69, 9.17) is 0 Å². The molecule has 0 aromatic heterocycles. The number of hydrogen-bond donors (Lipinski definition) is 0. The van der Waals surface area contributed by atoms with Crippen LogP contribution in [-0.4, -0.2) is 37.4 Å². The van der Waals surface area contributed by atoms with Gasteiger partial charge < -0.3 is 9.80 Å². The van der Waals surface area contributed by atoms with Gasteiger partial charge in [-0.1, -0.05) is 42.5 Å². The van der Waals surface area contributed by atoms with Crippen LogP contribution in [-0.2, 0) is 11.3 Å². The van der Waals surface area contributed by atoms with Crippen LogP contribution in [0.25, 0.3) is 6.08 Å². The molecule has 1 saturated heterocycles. The third kappa shape index (κ3) is 4.58. The van der Waals surface area contributed by atoms with Crippen LogP contribution in [0.5, 0.6) is 0 Å².